The predicted molar refractivity (Wildman–Crippen MR) is 84.0 cm³/mol. The van der Waals surface area contributed by atoms with Crippen LogP contribution in [0.1, 0.15) is 19.8 Å². The summed E-state index contributed by atoms with van der Waals surface area (Å²) in [6.45, 7) is 3.08. The van der Waals surface area contributed by atoms with E-state index in [-0.39, 0.29) is 4.90 Å². The number of benzene rings is 1. The van der Waals surface area contributed by atoms with Crippen LogP contribution in [0.5, 0.6) is 0 Å². The molecule has 0 amide bonds. The summed E-state index contributed by atoms with van der Waals surface area (Å²) in [6.07, 6.45) is 3.27. The number of sulfonamides is 1. The summed E-state index contributed by atoms with van der Waals surface area (Å²) in [7, 11) is -4.16. The van der Waals surface area contributed by atoms with Crippen molar-refractivity contribution >= 4 is 26.5 Å². The second kappa shape index (κ2) is 8.39. The Morgan fingerprint density at radius 2 is 1.80 bits per heavy atom. The lowest BCUT2D eigenvalue weighted by molar-refractivity contribution is 0.581. The van der Waals surface area contributed by atoms with Gasteiger partial charge in [-0.3, -0.25) is 4.21 Å². The van der Waals surface area contributed by atoms with E-state index >= 15 is 0 Å². The van der Waals surface area contributed by atoms with Crippen LogP contribution in [0.4, 0.5) is 5.69 Å². The molecule has 1 aromatic rings. The van der Waals surface area contributed by atoms with E-state index in [1.54, 1.807) is 30.5 Å². The van der Waals surface area contributed by atoms with Crippen molar-refractivity contribution in [2.45, 2.75) is 24.7 Å². The molecular weight excluding hydrogens is 296 g/mol. The molecule has 0 heterocycles. The maximum atomic E-state index is 11.9. The van der Waals surface area contributed by atoms with Crippen molar-refractivity contribution in [2.24, 2.45) is 0 Å². The minimum Gasteiger partial charge on any atom is -0.385 e. The second-order valence-corrected chi connectivity index (χ2v) is 7.80. The number of hydrogen-bond acceptors (Lipinski definition) is 4. The molecule has 0 spiro atoms. The standard InChI is InChI=1S/C13H22N2O3S2/c1-3-9-15-20(17,18)13-7-5-12(6-8-13)14-10-4-11-19(2)16/h5-8,14-15H,3-4,9-11H2,1-2H3. The van der Waals surface area contributed by atoms with Crippen molar-refractivity contribution in [3.05, 3.63) is 24.3 Å². The highest BCUT2D eigenvalue weighted by molar-refractivity contribution is 7.89. The zero-order chi connectivity index (χ0) is 15.0. The van der Waals surface area contributed by atoms with Crippen LogP contribution >= 0.6 is 0 Å². The molecule has 1 unspecified atom stereocenters. The Morgan fingerprint density at radius 1 is 1.15 bits per heavy atom. The summed E-state index contributed by atoms with van der Waals surface area (Å²) in [5, 5.41) is 3.17. The lowest BCUT2D eigenvalue weighted by Crippen LogP contribution is -2.24. The van der Waals surface area contributed by atoms with E-state index in [2.05, 4.69) is 10.0 Å². The van der Waals surface area contributed by atoms with Crippen LogP contribution in [0.3, 0.4) is 0 Å². The van der Waals surface area contributed by atoms with Crippen LogP contribution < -0.4 is 10.0 Å². The highest BCUT2D eigenvalue weighted by Crippen LogP contribution is 2.13. The minimum atomic E-state index is -3.39. The van der Waals surface area contributed by atoms with Crippen molar-refractivity contribution in [2.75, 3.05) is 30.4 Å². The maximum absolute atomic E-state index is 11.9. The van der Waals surface area contributed by atoms with Gasteiger partial charge < -0.3 is 5.32 Å². The Kier molecular flexibility index (Phi) is 7.18. The van der Waals surface area contributed by atoms with E-state index in [1.807, 2.05) is 6.92 Å². The molecule has 0 bridgehead atoms. The summed E-state index contributed by atoms with van der Waals surface area (Å²) in [4.78, 5) is 0.270. The fourth-order valence-corrected chi connectivity index (χ4v) is 3.26. The van der Waals surface area contributed by atoms with E-state index in [4.69, 9.17) is 0 Å². The van der Waals surface area contributed by atoms with Gasteiger partial charge >= 0.3 is 0 Å². The van der Waals surface area contributed by atoms with E-state index in [1.165, 1.54) is 0 Å². The smallest absolute Gasteiger partial charge is 0.240 e. The van der Waals surface area contributed by atoms with Gasteiger partial charge in [0.25, 0.3) is 0 Å². The summed E-state index contributed by atoms with van der Waals surface area (Å²) in [6, 6.07) is 6.64. The lowest BCUT2D eigenvalue weighted by atomic mass is 10.3. The first kappa shape index (κ1) is 17.1. The molecule has 0 saturated carbocycles. The van der Waals surface area contributed by atoms with Gasteiger partial charge in [-0.05, 0) is 37.1 Å². The van der Waals surface area contributed by atoms with Gasteiger partial charge in [0.1, 0.15) is 0 Å². The quantitative estimate of drug-likeness (QED) is 0.678. The van der Waals surface area contributed by atoms with Gasteiger partial charge in [0.15, 0.2) is 0 Å². The molecule has 0 aliphatic heterocycles. The third-order valence-corrected chi connectivity index (χ3v) is 4.98. The molecule has 0 fully saturated rings. The zero-order valence-corrected chi connectivity index (χ0v) is 13.5. The Bertz CT molecular complexity index is 527. The molecule has 0 saturated heterocycles. The van der Waals surface area contributed by atoms with Crippen LogP contribution in [0.2, 0.25) is 0 Å². The van der Waals surface area contributed by atoms with Gasteiger partial charge in [-0.25, -0.2) is 13.1 Å². The Balaban J connectivity index is 2.53. The second-order valence-electron chi connectivity index (χ2n) is 4.48. The van der Waals surface area contributed by atoms with Crippen LogP contribution in [-0.4, -0.2) is 37.7 Å². The molecule has 0 aromatic heterocycles. The van der Waals surface area contributed by atoms with Crippen molar-refractivity contribution < 1.29 is 12.6 Å². The average Bonchev–Trinajstić information content (AvgIpc) is 2.42. The average molecular weight is 318 g/mol. The molecular formula is C13H22N2O3S2. The van der Waals surface area contributed by atoms with Gasteiger partial charge in [-0.1, -0.05) is 6.92 Å². The fraction of sp³-hybridized carbons (Fsp3) is 0.538. The summed E-state index contributed by atoms with van der Waals surface area (Å²) < 4.78 is 37.2. The van der Waals surface area contributed by atoms with Crippen molar-refractivity contribution in [1.29, 1.82) is 0 Å². The highest BCUT2D eigenvalue weighted by Gasteiger charge is 2.12. The molecule has 2 N–H and O–H groups in total. The maximum Gasteiger partial charge on any atom is 0.240 e. The third-order valence-electron chi connectivity index (χ3n) is 2.64. The summed E-state index contributed by atoms with van der Waals surface area (Å²) in [5.41, 5.74) is 0.862. The molecule has 1 rings (SSSR count). The Morgan fingerprint density at radius 3 is 2.35 bits per heavy atom. The molecule has 0 radical (unpaired) electrons. The SMILES string of the molecule is CCCNS(=O)(=O)c1ccc(NCCCS(C)=O)cc1. The third kappa shape index (κ3) is 6.02. The van der Waals surface area contributed by atoms with E-state index < -0.39 is 20.8 Å². The monoisotopic (exact) mass is 318 g/mol. The number of nitrogens with one attached hydrogen (secondary N) is 2. The van der Waals surface area contributed by atoms with E-state index in [0.717, 1.165) is 25.1 Å². The Labute approximate surface area is 123 Å². The first-order valence-electron chi connectivity index (χ1n) is 6.59. The molecule has 5 nitrogen and oxygen atoms in total. The van der Waals surface area contributed by atoms with Gasteiger partial charge in [0, 0.05) is 41.6 Å². The molecule has 1 aromatic carbocycles. The fourth-order valence-electron chi connectivity index (χ4n) is 1.58. The lowest BCUT2D eigenvalue weighted by Gasteiger charge is -2.08. The molecule has 0 aliphatic rings. The molecule has 1 atom stereocenters. The predicted octanol–water partition coefficient (Wildman–Crippen LogP) is 1.56. The van der Waals surface area contributed by atoms with Crippen LogP contribution in [-0.2, 0) is 20.8 Å². The van der Waals surface area contributed by atoms with Gasteiger partial charge in [0.2, 0.25) is 10.0 Å². The van der Waals surface area contributed by atoms with Crippen LogP contribution in [0, 0.1) is 0 Å². The number of anilines is 1. The zero-order valence-electron chi connectivity index (χ0n) is 11.9. The Hall–Kier alpha value is -0.920. The summed E-state index contributed by atoms with van der Waals surface area (Å²) in [5.74, 6) is 0.667. The first-order valence-corrected chi connectivity index (χ1v) is 9.80. The van der Waals surface area contributed by atoms with Crippen LogP contribution in [0.25, 0.3) is 0 Å². The number of hydrogen-bond donors (Lipinski definition) is 2. The highest BCUT2D eigenvalue weighted by atomic mass is 32.2. The minimum absolute atomic E-state index is 0.270. The van der Waals surface area contributed by atoms with Gasteiger partial charge in [-0.2, -0.15) is 0 Å². The van der Waals surface area contributed by atoms with E-state index in [0.29, 0.717) is 12.3 Å². The van der Waals surface area contributed by atoms with Gasteiger partial charge in [0.05, 0.1) is 4.90 Å². The van der Waals surface area contributed by atoms with Crippen molar-refractivity contribution in [1.82, 2.24) is 4.72 Å². The van der Waals surface area contributed by atoms with Crippen molar-refractivity contribution in [3.63, 3.8) is 0 Å². The van der Waals surface area contributed by atoms with E-state index in [9.17, 15) is 12.6 Å². The molecule has 20 heavy (non-hydrogen) atoms. The largest absolute Gasteiger partial charge is 0.385 e. The molecule has 114 valence electrons. The van der Waals surface area contributed by atoms with Crippen LogP contribution in [0.15, 0.2) is 29.2 Å². The normalized spacial score (nSPS) is 13.1. The molecule has 0 aliphatic carbocycles. The topological polar surface area (TPSA) is 75.3 Å². The first-order chi connectivity index (χ1) is 9.45. The van der Waals surface area contributed by atoms with Crippen molar-refractivity contribution in [3.8, 4) is 0 Å². The molecule has 7 heteroatoms. The summed E-state index contributed by atoms with van der Waals surface area (Å²) >= 11 is 0. The number of rotatable bonds is 9. The van der Waals surface area contributed by atoms with Gasteiger partial charge in [-0.15, -0.1) is 0 Å².